The van der Waals surface area contributed by atoms with Crippen LogP contribution in [0.15, 0.2) is 53.8 Å². The van der Waals surface area contributed by atoms with E-state index in [2.05, 4.69) is 43.7 Å². The highest BCUT2D eigenvalue weighted by Crippen LogP contribution is 2.50. The van der Waals surface area contributed by atoms with E-state index in [1.165, 1.54) is 20.3 Å². The van der Waals surface area contributed by atoms with E-state index in [0.29, 0.717) is 66.1 Å². The van der Waals surface area contributed by atoms with Gasteiger partial charge in [-0.1, -0.05) is 33.8 Å². The smallest absolute Gasteiger partial charge is 0.407 e. The molecule has 2 saturated heterocycles. The molecule has 10 rings (SSSR count). The van der Waals surface area contributed by atoms with Crippen LogP contribution in [0.3, 0.4) is 0 Å². The van der Waals surface area contributed by atoms with E-state index in [-0.39, 0.29) is 41.8 Å². The first kappa shape index (κ1) is 45.3. The van der Waals surface area contributed by atoms with Crippen LogP contribution in [-0.2, 0) is 19.1 Å². The Hall–Kier alpha value is -6.50. The third-order valence-corrected chi connectivity index (χ3v) is 15.1. The fourth-order valence-corrected chi connectivity index (χ4v) is 11.3. The minimum absolute atomic E-state index is 0.140. The standard InChI is InChI=1S/C49H57FN10O7S/c1-24(2)40(56-48(63)65-5)45(61)58-15-7-9-34(58)42-51-21-31(54-42)27-13-14-33-29(17-27)19-36-39-30(50)18-28(20-37(39)67-47(60(33)36)38-23-53-44(68-38)26-11-12-26)32-22-52-43(55-32)35-10-8-16-59(35)46(62)41(25(3)4)57-49(64)66-6/h13-14,17-20,22-26,31,34-35,40-41,47H,7-12,15-16,21H2,1-6H3,(H,51,54)(H,52,55)(H,56,63)(H,57,64)/t31?,34-,35-,40-,41-,47-/m0/s1. The summed E-state index contributed by atoms with van der Waals surface area (Å²) in [7, 11) is 2.55. The second kappa shape index (κ2) is 18.2. The second-order valence-corrected chi connectivity index (χ2v) is 20.2. The zero-order chi connectivity index (χ0) is 47.5. The number of alkyl carbamates (subject to hydrolysis) is 2. The number of halogens is 1. The minimum Gasteiger partial charge on any atom is -0.464 e. The molecule has 3 aromatic heterocycles. The molecule has 4 amide bonds. The first-order valence-electron chi connectivity index (χ1n) is 23.6. The molecule has 0 radical (unpaired) electrons. The van der Waals surface area contributed by atoms with Crippen LogP contribution < -0.4 is 20.7 Å². The first-order chi connectivity index (χ1) is 32.8. The van der Waals surface area contributed by atoms with Crippen molar-refractivity contribution in [1.29, 1.82) is 0 Å². The summed E-state index contributed by atoms with van der Waals surface area (Å²) >= 11 is 1.63. The molecule has 5 aromatic rings. The number of rotatable bonds is 12. The predicted molar refractivity (Wildman–Crippen MR) is 253 cm³/mol. The number of nitrogens with zero attached hydrogens (tertiary/aromatic N) is 6. The number of aliphatic imine (C=N–C) groups is 1. The van der Waals surface area contributed by atoms with Gasteiger partial charge in [-0.3, -0.25) is 19.1 Å². The predicted octanol–water partition coefficient (Wildman–Crippen LogP) is 7.57. The second-order valence-electron chi connectivity index (χ2n) is 19.1. The quantitative estimate of drug-likeness (QED) is 0.0968. The summed E-state index contributed by atoms with van der Waals surface area (Å²) in [5.74, 6) is 1.02. The average Bonchev–Trinajstić information content (AvgIpc) is 4.05. The number of H-pyrrole nitrogens is 1. The Labute approximate surface area is 397 Å². The number of amides is 4. The molecule has 19 heteroatoms. The van der Waals surface area contributed by atoms with Crippen LogP contribution in [0, 0.1) is 17.7 Å². The van der Waals surface area contributed by atoms with Crippen LogP contribution in [-0.4, -0.2) is 111 Å². The topological polar surface area (TPSA) is 197 Å². The number of thiazole rings is 1. The number of nitrogens with one attached hydrogen (secondary N) is 4. The number of carbonyl (C=O) groups is 4. The SMILES string of the molecule is COC(=O)N[C@H](C(=O)N1CCC[C@H]1C1=NCC(c2ccc3c(c2)cc2n3[C@H](c3cnc(C4CC4)s3)Oc3cc(-c4cnc([C@@H]5CCCN5C(=O)[C@@H](NC(=O)OC)C(C)C)[nH]4)cc(F)c3-2)N1)C(C)C. The van der Waals surface area contributed by atoms with E-state index in [1.807, 2.05) is 50.9 Å². The minimum atomic E-state index is -0.769. The number of imidazole rings is 1. The van der Waals surface area contributed by atoms with Gasteiger partial charge in [0.05, 0.1) is 77.4 Å². The number of amidine groups is 1. The van der Waals surface area contributed by atoms with Gasteiger partial charge in [-0.05, 0) is 86.3 Å². The number of benzene rings is 2. The molecule has 4 N–H and O–H groups in total. The normalized spacial score (nSPS) is 21.8. The number of aromatic nitrogens is 4. The lowest BCUT2D eigenvalue weighted by Crippen LogP contribution is -2.54. The summed E-state index contributed by atoms with van der Waals surface area (Å²) in [5.41, 5.74) is 4.02. The maximum Gasteiger partial charge on any atom is 0.407 e. The van der Waals surface area contributed by atoms with Crippen LogP contribution in [0.2, 0.25) is 0 Å². The van der Waals surface area contributed by atoms with Crippen molar-refractivity contribution in [2.24, 2.45) is 16.8 Å². The summed E-state index contributed by atoms with van der Waals surface area (Å²) in [6, 6.07) is 9.36. The summed E-state index contributed by atoms with van der Waals surface area (Å²) in [6.07, 6.45) is 6.85. The zero-order valence-electron chi connectivity index (χ0n) is 39.0. The van der Waals surface area contributed by atoms with E-state index in [1.54, 1.807) is 22.4 Å². The molecular formula is C49H57FN10O7S. The Morgan fingerprint density at radius 2 is 1.53 bits per heavy atom. The monoisotopic (exact) mass is 948 g/mol. The molecule has 4 aliphatic heterocycles. The number of aromatic amines is 1. The lowest BCUT2D eigenvalue weighted by molar-refractivity contribution is -0.135. The molecule has 2 aromatic carbocycles. The van der Waals surface area contributed by atoms with Crippen molar-refractivity contribution in [1.82, 2.24) is 45.3 Å². The molecule has 68 heavy (non-hydrogen) atoms. The van der Waals surface area contributed by atoms with Gasteiger partial charge >= 0.3 is 12.2 Å². The summed E-state index contributed by atoms with van der Waals surface area (Å²) in [5, 5.41) is 11.0. The molecule has 6 atom stereocenters. The third kappa shape index (κ3) is 8.31. The van der Waals surface area contributed by atoms with Gasteiger partial charge in [-0.2, -0.15) is 0 Å². The lowest BCUT2D eigenvalue weighted by Gasteiger charge is -2.31. The van der Waals surface area contributed by atoms with Crippen molar-refractivity contribution in [2.75, 3.05) is 33.9 Å². The number of fused-ring (bicyclic) bond motifs is 5. The van der Waals surface area contributed by atoms with Crippen LogP contribution in [0.4, 0.5) is 14.0 Å². The summed E-state index contributed by atoms with van der Waals surface area (Å²) < 4.78 is 35.4. The van der Waals surface area contributed by atoms with Gasteiger partial charge in [0.15, 0.2) is 0 Å². The Morgan fingerprint density at radius 3 is 2.19 bits per heavy atom. The molecule has 3 fully saturated rings. The van der Waals surface area contributed by atoms with Crippen molar-refractivity contribution in [3.8, 4) is 28.3 Å². The van der Waals surface area contributed by atoms with E-state index in [4.69, 9.17) is 29.2 Å². The number of hydrogen-bond acceptors (Lipinski definition) is 12. The molecule has 1 unspecified atom stereocenters. The molecule has 358 valence electrons. The van der Waals surface area contributed by atoms with Crippen molar-refractivity contribution >= 4 is 52.1 Å². The first-order valence-corrected chi connectivity index (χ1v) is 24.4. The van der Waals surface area contributed by atoms with E-state index >= 15 is 4.39 Å². The molecular weight excluding hydrogens is 892 g/mol. The van der Waals surface area contributed by atoms with E-state index in [9.17, 15) is 19.2 Å². The number of ether oxygens (including phenoxy) is 3. The van der Waals surface area contributed by atoms with Crippen LogP contribution in [0.1, 0.15) is 112 Å². The van der Waals surface area contributed by atoms with Crippen LogP contribution in [0.25, 0.3) is 33.4 Å². The molecule has 1 saturated carbocycles. The van der Waals surface area contributed by atoms with Crippen molar-refractivity contribution in [2.45, 2.75) is 109 Å². The van der Waals surface area contributed by atoms with E-state index in [0.717, 1.165) is 64.3 Å². The van der Waals surface area contributed by atoms with Crippen LogP contribution >= 0.6 is 11.3 Å². The Bertz CT molecular complexity index is 2810. The highest BCUT2D eigenvalue weighted by atomic mass is 32.1. The van der Waals surface area contributed by atoms with Gasteiger partial charge in [-0.15, -0.1) is 11.3 Å². The number of carbonyl (C=O) groups excluding carboxylic acids is 4. The largest absolute Gasteiger partial charge is 0.464 e. The Morgan fingerprint density at radius 1 is 0.853 bits per heavy atom. The van der Waals surface area contributed by atoms with Gasteiger partial charge in [0.2, 0.25) is 18.0 Å². The maximum absolute atomic E-state index is 16.9. The van der Waals surface area contributed by atoms with Gasteiger partial charge in [0.25, 0.3) is 0 Å². The molecule has 0 bridgehead atoms. The number of likely N-dealkylation sites (tertiary alicyclic amines) is 2. The molecule has 0 spiro atoms. The van der Waals surface area contributed by atoms with Gasteiger partial charge < -0.3 is 44.9 Å². The fourth-order valence-electron chi connectivity index (χ4n) is 10.2. The van der Waals surface area contributed by atoms with E-state index < -0.39 is 36.3 Å². The highest BCUT2D eigenvalue weighted by Gasteiger charge is 2.41. The number of hydrogen-bond donors (Lipinski definition) is 4. The average molecular weight is 949 g/mol. The van der Waals surface area contributed by atoms with Gasteiger partial charge in [0.1, 0.15) is 35.3 Å². The Balaban J connectivity index is 0.935. The molecule has 7 heterocycles. The van der Waals surface area contributed by atoms with Crippen molar-refractivity contribution in [3.63, 3.8) is 0 Å². The lowest BCUT2D eigenvalue weighted by atomic mass is 10.0. The zero-order valence-corrected chi connectivity index (χ0v) is 39.8. The van der Waals surface area contributed by atoms with Crippen molar-refractivity contribution in [3.05, 3.63) is 75.9 Å². The van der Waals surface area contributed by atoms with Crippen molar-refractivity contribution < 1.29 is 37.8 Å². The van der Waals surface area contributed by atoms with Gasteiger partial charge in [-0.25, -0.2) is 23.9 Å². The maximum atomic E-state index is 16.9. The third-order valence-electron chi connectivity index (χ3n) is 13.9. The number of methoxy groups -OCH3 is 2. The summed E-state index contributed by atoms with van der Waals surface area (Å²) in [6.45, 7) is 9.09. The Kier molecular flexibility index (Phi) is 12.1. The molecule has 17 nitrogen and oxygen atoms in total. The highest BCUT2D eigenvalue weighted by molar-refractivity contribution is 7.11. The molecule has 5 aliphatic rings. The fraction of sp³-hybridized carbons (Fsp3) is 0.490. The van der Waals surface area contributed by atoms with Crippen LogP contribution in [0.5, 0.6) is 5.75 Å². The summed E-state index contributed by atoms with van der Waals surface area (Å²) in [4.78, 5) is 74.2. The van der Waals surface area contributed by atoms with Gasteiger partial charge in [0, 0.05) is 36.2 Å². The molecule has 1 aliphatic carbocycles.